The molecular weight excluding hydrogens is 478 g/mol. The number of hydrogen-bond donors (Lipinski definition) is 1. The van der Waals surface area contributed by atoms with Crippen molar-refractivity contribution in [3.8, 4) is 11.5 Å². The summed E-state index contributed by atoms with van der Waals surface area (Å²) in [5.74, 6) is 0.489. The van der Waals surface area contributed by atoms with Crippen LogP contribution in [0.25, 0.3) is 0 Å². The van der Waals surface area contributed by atoms with E-state index >= 15 is 0 Å². The molecule has 3 aromatic rings. The Labute approximate surface area is 203 Å². The van der Waals surface area contributed by atoms with Gasteiger partial charge in [0.25, 0.3) is 15.9 Å². The van der Waals surface area contributed by atoms with Crippen molar-refractivity contribution >= 4 is 39.4 Å². The van der Waals surface area contributed by atoms with Gasteiger partial charge in [0, 0.05) is 10.6 Å². The van der Waals surface area contributed by atoms with Crippen LogP contribution in [-0.2, 0) is 14.8 Å². The first-order valence-electron chi connectivity index (χ1n) is 10.1. The van der Waals surface area contributed by atoms with E-state index in [1.54, 1.807) is 61.5 Å². The fourth-order valence-corrected chi connectivity index (χ4v) is 4.93. The van der Waals surface area contributed by atoms with Gasteiger partial charge in [0.15, 0.2) is 0 Å². The Hall–Kier alpha value is -3.56. The molecule has 0 aliphatic rings. The maximum Gasteiger partial charge on any atom is 0.264 e. The lowest BCUT2D eigenvalue weighted by molar-refractivity contribution is -0.119. The van der Waals surface area contributed by atoms with Crippen molar-refractivity contribution in [3.63, 3.8) is 0 Å². The second-order valence-electron chi connectivity index (χ2n) is 7.16. The normalized spacial score (nSPS) is 11.3. The van der Waals surface area contributed by atoms with Gasteiger partial charge in [-0.15, -0.1) is 0 Å². The topological polar surface area (TPSA) is 97.3 Å². The van der Waals surface area contributed by atoms with Crippen molar-refractivity contribution in [2.45, 2.75) is 11.8 Å². The van der Waals surface area contributed by atoms with Crippen LogP contribution < -0.4 is 19.2 Å². The number of methoxy groups -OCH3 is 2. The number of hydrogen-bond acceptors (Lipinski definition) is 6. The number of nitrogens with zero attached hydrogens (tertiary/aromatic N) is 2. The van der Waals surface area contributed by atoms with Crippen LogP contribution in [0.4, 0.5) is 5.69 Å². The van der Waals surface area contributed by atoms with E-state index in [2.05, 4.69) is 10.5 Å². The van der Waals surface area contributed by atoms with Crippen molar-refractivity contribution in [2.75, 3.05) is 25.1 Å². The number of hydrazone groups is 1. The Morgan fingerprint density at radius 2 is 1.79 bits per heavy atom. The van der Waals surface area contributed by atoms with E-state index in [4.69, 9.17) is 21.1 Å². The zero-order valence-corrected chi connectivity index (χ0v) is 20.4. The molecule has 178 valence electrons. The summed E-state index contributed by atoms with van der Waals surface area (Å²) in [6.45, 7) is 1.23. The van der Waals surface area contributed by atoms with Crippen molar-refractivity contribution in [2.24, 2.45) is 5.10 Å². The second-order valence-corrected chi connectivity index (χ2v) is 9.46. The van der Waals surface area contributed by atoms with E-state index in [0.717, 1.165) is 4.31 Å². The number of carbonyl (C=O) groups is 1. The van der Waals surface area contributed by atoms with Gasteiger partial charge in [-0.05, 0) is 61.0 Å². The lowest BCUT2D eigenvalue weighted by Crippen LogP contribution is -2.40. The third-order valence-corrected chi connectivity index (χ3v) is 6.88. The summed E-state index contributed by atoms with van der Waals surface area (Å²) in [5, 5.41) is 4.42. The summed E-state index contributed by atoms with van der Waals surface area (Å²) in [5.41, 5.74) is 3.89. The van der Waals surface area contributed by atoms with E-state index in [0.29, 0.717) is 33.3 Å². The molecule has 0 atom stereocenters. The molecule has 0 aliphatic heterocycles. The highest BCUT2D eigenvalue weighted by atomic mass is 35.5. The third kappa shape index (κ3) is 5.86. The average molecular weight is 502 g/mol. The van der Waals surface area contributed by atoms with Crippen LogP contribution in [0.15, 0.2) is 76.7 Å². The molecule has 0 heterocycles. The Morgan fingerprint density at radius 3 is 2.44 bits per heavy atom. The predicted octanol–water partition coefficient (Wildman–Crippen LogP) is 4.01. The fraction of sp³-hybridized carbons (Fsp3) is 0.167. The maximum absolute atomic E-state index is 13.4. The number of carbonyl (C=O) groups excluding carboxylic acids is 1. The van der Waals surface area contributed by atoms with Gasteiger partial charge in [-0.3, -0.25) is 9.10 Å². The number of halogens is 1. The minimum Gasteiger partial charge on any atom is -0.497 e. The monoisotopic (exact) mass is 501 g/mol. The highest BCUT2D eigenvalue weighted by Crippen LogP contribution is 2.29. The molecule has 0 spiro atoms. The number of rotatable bonds is 9. The predicted molar refractivity (Wildman–Crippen MR) is 132 cm³/mol. The molecule has 0 radical (unpaired) electrons. The van der Waals surface area contributed by atoms with Crippen LogP contribution in [0.5, 0.6) is 11.5 Å². The summed E-state index contributed by atoms with van der Waals surface area (Å²) in [7, 11) is -0.995. The van der Waals surface area contributed by atoms with E-state index < -0.39 is 22.5 Å². The van der Waals surface area contributed by atoms with Crippen LogP contribution >= 0.6 is 11.6 Å². The first-order chi connectivity index (χ1) is 16.3. The van der Waals surface area contributed by atoms with Gasteiger partial charge in [-0.1, -0.05) is 29.8 Å². The van der Waals surface area contributed by atoms with Crippen LogP contribution in [0.2, 0.25) is 5.02 Å². The minimum atomic E-state index is -4.04. The fourth-order valence-electron chi connectivity index (χ4n) is 3.20. The van der Waals surface area contributed by atoms with Crippen LogP contribution in [0.1, 0.15) is 11.1 Å². The summed E-state index contributed by atoms with van der Waals surface area (Å²) in [6, 6.07) is 17.8. The molecule has 0 fully saturated rings. The van der Waals surface area contributed by atoms with Gasteiger partial charge in [0.2, 0.25) is 0 Å². The molecule has 0 saturated carbocycles. The van der Waals surface area contributed by atoms with Crippen molar-refractivity contribution in [1.29, 1.82) is 0 Å². The number of nitrogens with one attached hydrogen (secondary N) is 1. The number of amides is 1. The largest absolute Gasteiger partial charge is 0.497 e. The Balaban J connectivity index is 1.87. The van der Waals surface area contributed by atoms with E-state index in [1.165, 1.54) is 32.6 Å². The molecule has 3 aromatic carbocycles. The van der Waals surface area contributed by atoms with Gasteiger partial charge >= 0.3 is 0 Å². The number of sulfonamides is 1. The smallest absolute Gasteiger partial charge is 0.264 e. The van der Waals surface area contributed by atoms with Crippen LogP contribution in [0, 0.1) is 6.92 Å². The highest BCUT2D eigenvalue weighted by molar-refractivity contribution is 7.92. The molecule has 0 aliphatic carbocycles. The molecule has 0 bridgehead atoms. The Bertz CT molecular complexity index is 1300. The van der Waals surface area contributed by atoms with Crippen molar-refractivity contribution in [1.82, 2.24) is 5.43 Å². The van der Waals surface area contributed by atoms with Gasteiger partial charge in [0.1, 0.15) is 18.0 Å². The summed E-state index contributed by atoms with van der Waals surface area (Å²) >= 11 is 6.05. The summed E-state index contributed by atoms with van der Waals surface area (Å²) in [4.78, 5) is 12.8. The molecule has 0 saturated heterocycles. The lowest BCUT2D eigenvalue weighted by atomic mass is 10.2. The van der Waals surface area contributed by atoms with Gasteiger partial charge < -0.3 is 9.47 Å². The van der Waals surface area contributed by atoms with Gasteiger partial charge in [0.05, 0.1) is 31.0 Å². The molecule has 1 amide bonds. The quantitative estimate of drug-likeness (QED) is 0.353. The van der Waals surface area contributed by atoms with Crippen molar-refractivity contribution < 1.29 is 22.7 Å². The van der Waals surface area contributed by atoms with Gasteiger partial charge in [-0.25, -0.2) is 13.8 Å². The van der Waals surface area contributed by atoms with E-state index in [1.807, 2.05) is 0 Å². The second kappa shape index (κ2) is 11.0. The standard InChI is InChI=1S/C24H24ClN3O5S/c1-17-13-19(25)9-11-22(17)28(34(30,31)21-7-5-4-6-8-21)16-24(29)27-26-15-18-14-20(32-2)10-12-23(18)33-3/h4-15H,16H2,1-3H3,(H,27,29)/b26-15-. The van der Waals surface area contributed by atoms with Crippen LogP contribution in [0.3, 0.4) is 0 Å². The zero-order chi connectivity index (χ0) is 24.7. The highest BCUT2D eigenvalue weighted by Gasteiger charge is 2.28. The summed E-state index contributed by atoms with van der Waals surface area (Å²) < 4.78 is 38.3. The molecule has 8 nitrogen and oxygen atoms in total. The SMILES string of the molecule is COc1ccc(OC)c(/C=N\NC(=O)CN(c2ccc(Cl)cc2C)S(=O)(=O)c2ccccc2)c1. The molecule has 3 rings (SSSR count). The van der Waals surface area contributed by atoms with E-state index in [9.17, 15) is 13.2 Å². The number of anilines is 1. The molecule has 0 aromatic heterocycles. The van der Waals surface area contributed by atoms with Crippen molar-refractivity contribution in [3.05, 3.63) is 82.9 Å². The van der Waals surface area contributed by atoms with E-state index in [-0.39, 0.29) is 4.90 Å². The maximum atomic E-state index is 13.4. The summed E-state index contributed by atoms with van der Waals surface area (Å²) in [6.07, 6.45) is 1.39. The first kappa shape index (κ1) is 25.1. The number of benzene rings is 3. The molecule has 0 unspecified atom stereocenters. The lowest BCUT2D eigenvalue weighted by Gasteiger charge is -2.25. The molecular formula is C24H24ClN3O5S. The molecule has 34 heavy (non-hydrogen) atoms. The minimum absolute atomic E-state index is 0.0572. The number of aryl methyl sites for hydroxylation is 1. The third-order valence-electron chi connectivity index (χ3n) is 4.88. The first-order valence-corrected chi connectivity index (χ1v) is 12.0. The van der Waals surface area contributed by atoms with Gasteiger partial charge in [-0.2, -0.15) is 5.10 Å². The Morgan fingerprint density at radius 1 is 1.06 bits per heavy atom. The number of ether oxygens (including phenoxy) is 2. The zero-order valence-electron chi connectivity index (χ0n) is 18.9. The average Bonchev–Trinajstić information content (AvgIpc) is 2.83. The molecule has 1 N–H and O–H groups in total. The van der Waals surface area contributed by atoms with Crippen LogP contribution in [-0.4, -0.2) is 41.3 Å². The Kier molecular flexibility index (Phi) is 8.14. The molecule has 10 heteroatoms.